The zero-order valence-corrected chi connectivity index (χ0v) is 25.2. The van der Waals surface area contributed by atoms with E-state index in [0.717, 1.165) is 17.8 Å². The Morgan fingerprint density at radius 1 is 0.394 bits per heavy atom. The number of hydrogen-bond donors (Lipinski definition) is 2. The second-order valence-electron chi connectivity index (χ2n) is 11.4. The van der Waals surface area contributed by atoms with Gasteiger partial charge in [-0.05, 0) is 57.8 Å². The molecular formula is C31H70N2. The van der Waals surface area contributed by atoms with Crippen molar-refractivity contribution in [2.75, 3.05) is 27.2 Å². The average Bonchev–Trinajstić information content (AvgIpc) is 2.76. The van der Waals surface area contributed by atoms with E-state index in [2.05, 4.69) is 59.1 Å². The molecule has 0 aliphatic carbocycles. The Morgan fingerprint density at radius 2 is 0.667 bits per heavy atom. The molecule has 2 N–H and O–H groups in total. The highest BCUT2D eigenvalue weighted by Gasteiger charge is 1.95. The van der Waals surface area contributed by atoms with E-state index in [0.29, 0.717) is 0 Å². The summed E-state index contributed by atoms with van der Waals surface area (Å²) in [6.07, 6.45) is 24.0. The first-order valence-corrected chi connectivity index (χ1v) is 15.1. The fourth-order valence-corrected chi connectivity index (χ4v) is 3.75. The van der Waals surface area contributed by atoms with Crippen molar-refractivity contribution in [1.82, 2.24) is 10.6 Å². The van der Waals surface area contributed by atoms with Gasteiger partial charge in [0.15, 0.2) is 0 Å². The molecule has 0 spiro atoms. The van der Waals surface area contributed by atoms with Crippen molar-refractivity contribution in [2.45, 2.75) is 158 Å². The fourth-order valence-electron chi connectivity index (χ4n) is 3.75. The second kappa shape index (κ2) is 34.1. The molecule has 0 heterocycles. The molecule has 0 aliphatic heterocycles. The summed E-state index contributed by atoms with van der Waals surface area (Å²) in [6.45, 7) is 18.5. The van der Waals surface area contributed by atoms with Gasteiger partial charge in [0.25, 0.3) is 0 Å². The molecule has 2 nitrogen and oxygen atoms in total. The zero-order chi connectivity index (χ0) is 25.6. The van der Waals surface area contributed by atoms with Crippen LogP contribution in [0, 0.1) is 17.8 Å². The third kappa shape index (κ3) is 49.9. The van der Waals surface area contributed by atoms with E-state index in [1.165, 1.54) is 122 Å². The summed E-state index contributed by atoms with van der Waals surface area (Å²) >= 11 is 0. The molecule has 0 radical (unpaired) electrons. The standard InChI is InChI=1S/C11H25N.C11H24.C9H21N/c1-11(2)9-7-5-4-6-8-10-12-3;1-4-5-6-7-8-9-10-11(2)3;1-9(2)7-5-4-6-8-10-3/h11-12H,4-10H2,1-3H3;11H,4-10H2,1-3H3;9-10H,4-8H2,1-3H3. The van der Waals surface area contributed by atoms with Gasteiger partial charge in [0.05, 0.1) is 0 Å². The van der Waals surface area contributed by atoms with Crippen LogP contribution in [0.1, 0.15) is 158 Å². The molecule has 0 aliphatic rings. The van der Waals surface area contributed by atoms with E-state index >= 15 is 0 Å². The summed E-state index contributed by atoms with van der Waals surface area (Å²) in [5, 5.41) is 6.33. The molecule has 0 aromatic heterocycles. The summed E-state index contributed by atoms with van der Waals surface area (Å²) < 4.78 is 0. The largest absolute Gasteiger partial charge is 0.320 e. The Kier molecular flexibility index (Phi) is 38.7. The van der Waals surface area contributed by atoms with E-state index < -0.39 is 0 Å². The van der Waals surface area contributed by atoms with Crippen molar-refractivity contribution in [3.05, 3.63) is 0 Å². The molecule has 2 heteroatoms. The number of nitrogens with one attached hydrogen (secondary N) is 2. The lowest BCUT2D eigenvalue weighted by Crippen LogP contribution is -2.07. The summed E-state index contributed by atoms with van der Waals surface area (Å²) in [5.41, 5.74) is 0. The van der Waals surface area contributed by atoms with Gasteiger partial charge in [-0.2, -0.15) is 0 Å². The first-order valence-electron chi connectivity index (χ1n) is 15.1. The predicted molar refractivity (Wildman–Crippen MR) is 157 cm³/mol. The molecule has 0 saturated heterocycles. The molecule has 33 heavy (non-hydrogen) atoms. The van der Waals surface area contributed by atoms with Crippen molar-refractivity contribution in [3.8, 4) is 0 Å². The Labute approximate surface area is 213 Å². The third-order valence-electron chi connectivity index (χ3n) is 6.05. The molecule has 0 aromatic rings. The monoisotopic (exact) mass is 471 g/mol. The van der Waals surface area contributed by atoms with Crippen LogP contribution in [-0.2, 0) is 0 Å². The minimum atomic E-state index is 0.884. The van der Waals surface area contributed by atoms with Crippen LogP contribution < -0.4 is 10.6 Å². The lowest BCUT2D eigenvalue weighted by Gasteiger charge is -2.03. The van der Waals surface area contributed by atoms with Crippen LogP contribution in [-0.4, -0.2) is 27.2 Å². The summed E-state index contributed by atoms with van der Waals surface area (Å²) in [4.78, 5) is 0. The van der Waals surface area contributed by atoms with Crippen molar-refractivity contribution >= 4 is 0 Å². The van der Waals surface area contributed by atoms with E-state index in [9.17, 15) is 0 Å². The van der Waals surface area contributed by atoms with Crippen LogP contribution in [0.4, 0.5) is 0 Å². The van der Waals surface area contributed by atoms with Crippen molar-refractivity contribution < 1.29 is 0 Å². The molecule has 0 fully saturated rings. The summed E-state index contributed by atoms with van der Waals surface area (Å²) in [7, 11) is 4.04. The maximum Gasteiger partial charge on any atom is -0.00519 e. The van der Waals surface area contributed by atoms with Crippen LogP contribution >= 0.6 is 0 Å². The van der Waals surface area contributed by atoms with E-state index in [1.54, 1.807) is 0 Å². The van der Waals surface area contributed by atoms with E-state index in [1.807, 2.05) is 14.1 Å². The Hall–Kier alpha value is -0.0800. The molecule has 0 aromatic carbocycles. The smallest absolute Gasteiger partial charge is 0.00519 e. The number of rotatable bonds is 21. The van der Waals surface area contributed by atoms with Crippen LogP contribution in [0.2, 0.25) is 0 Å². The summed E-state index contributed by atoms with van der Waals surface area (Å²) in [6, 6.07) is 0. The van der Waals surface area contributed by atoms with Gasteiger partial charge < -0.3 is 10.6 Å². The SMILES string of the molecule is CCCCCCCCC(C)C.CNCCCCCC(C)C.CNCCCCCCCC(C)C. The van der Waals surface area contributed by atoms with Gasteiger partial charge in [0.2, 0.25) is 0 Å². The van der Waals surface area contributed by atoms with Crippen LogP contribution in [0.25, 0.3) is 0 Å². The highest BCUT2D eigenvalue weighted by molar-refractivity contribution is 4.50. The lowest BCUT2D eigenvalue weighted by atomic mass is 10.0. The predicted octanol–water partition coefficient (Wildman–Crippen LogP) is 10.0. The maximum atomic E-state index is 3.18. The van der Waals surface area contributed by atoms with Crippen molar-refractivity contribution in [2.24, 2.45) is 17.8 Å². The maximum absolute atomic E-state index is 3.18. The third-order valence-corrected chi connectivity index (χ3v) is 6.05. The molecule has 0 rings (SSSR count). The molecule has 0 atom stereocenters. The zero-order valence-electron chi connectivity index (χ0n) is 25.2. The molecule has 0 bridgehead atoms. The Bertz CT molecular complexity index is 299. The Balaban J connectivity index is -0.000000411. The van der Waals surface area contributed by atoms with Gasteiger partial charge in [0, 0.05) is 0 Å². The summed E-state index contributed by atoms with van der Waals surface area (Å²) in [5.74, 6) is 2.68. The van der Waals surface area contributed by atoms with Gasteiger partial charge in [0.1, 0.15) is 0 Å². The highest BCUT2D eigenvalue weighted by atomic mass is 14.8. The topological polar surface area (TPSA) is 24.1 Å². The van der Waals surface area contributed by atoms with Crippen molar-refractivity contribution in [1.29, 1.82) is 0 Å². The van der Waals surface area contributed by atoms with E-state index in [-0.39, 0.29) is 0 Å². The van der Waals surface area contributed by atoms with Gasteiger partial charge in [-0.3, -0.25) is 0 Å². The highest BCUT2D eigenvalue weighted by Crippen LogP contribution is 2.11. The molecule has 0 saturated carbocycles. The minimum absolute atomic E-state index is 0.884. The molecule has 0 amide bonds. The first kappa shape index (κ1) is 37.5. The first-order chi connectivity index (χ1) is 15.8. The normalized spacial score (nSPS) is 10.9. The fraction of sp³-hybridized carbons (Fsp3) is 1.00. The molecule has 0 unspecified atom stereocenters. The van der Waals surface area contributed by atoms with Gasteiger partial charge in [-0.1, -0.05) is 145 Å². The van der Waals surface area contributed by atoms with Crippen LogP contribution in [0.5, 0.6) is 0 Å². The van der Waals surface area contributed by atoms with Crippen molar-refractivity contribution in [3.63, 3.8) is 0 Å². The quantitative estimate of drug-likeness (QED) is 0.163. The molecular weight excluding hydrogens is 400 g/mol. The lowest BCUT2D eigenvalue weighted by molar-refractivity contribution is 0.513. The van der Waals surface area contributed by atoms with Gasteiger partial charge >= 0.3 is 0 Å². The second-order valence-corrected chi connectivity index (χ2v) is 11.4. The van der Waals surface area contributed by atoms with E-state index in [4.69, 9.17) is 0 Å². The Morgan fingerprint density at radius 3 is 0.970 bits per heavy atom. The minimum Gasteiger partial charge on any atom is -0.320 e. The van der Waals surface area contributed by atoms with Gasteiger partial charge in [-0.15, -0.1) is 0 Å². The molecule has 204 valence electrons. The number of unbranched alkanes of at least 4 members (excludes halogenated alkanes) is 11. The van der Waals surface area contributed by atoms with Crippen LogP contribution in [0.3, 0.4) is 0 Å². The van der Waals surface area contributed by atoms with Gasteiger partial charge in [-0.25, -0.2) is 0 Å². The average molecular weight is 471 g/mol. The van der Waals surface area contributed by atoms with Crippen LogP contribution in [0.15, 0.2) is 0 Å². The number of hydrogen-bond acceptors (Lipinski definition) is 2.